The zero-order valence-corrected chi connectivity index (χ0v) is 14.8. The Kier molecular flexibility index (Phi) is 4.49. The van der Waals surface area contributed by atoms with E-state index in [1.165, 1.54) is 5.56 Å². The smallest absolute Gasteiger partial charge is 0.162 e. The number of carbonyl (C=O) groups is 1. The van der Waals surface area contributed by atoms with E-state index in [1.807, 2.05) is 49.4 Å². The van der Waals surface area contributed by atoms with Crippen molar-refractivity contribution < 1.29 is 4.79 Å². The SMILES string of the molecule is CC(=O)c1c(-c2ccc(Br)cc2)cn(Cc2ccccc2)c1C. The third kappa shape index (κ3) is 3.30. The van der Waals surface area contributed by atoms with Crippen LogP contribution in [0.5, 0.6) is 0 Å². The maximum atomic E-state index is 12.2. The van der Waals surface area contributed by atoms with E-state index in [-0.39, 0.29) is 5.78 Å². The number of rotatable bonds is 4. The highest BCUT2D eigenvalue weighted by Crippen LogP contribution is 2.30. The molecule has 0 saturated heterocycles. The first-order chi connectivity index (χ1) is 11.1. The Morgan fingerprint density at radius 3 is 2.30 bits per heavy atom. The normalized spacial score (nSPS) is 10.7. The summed E-state index contributed by atoms with van der Waals surface area (Å²) in [5, 5.41) is 0. The Labute approximate surface area is 144 Å². The lowest BCUT2D eigenvalue weighted by molar-refractivity contribution is 0.101. The van der Waals surface area contributed by atoms with Crippen LogP contribution < -0.4 is 0 Å². The number of hydrogen-bond donors (Lipinski definition) is 0. The quantitative estimate of drug-likeness (QED) is 0.559. The number of halogens is 1. The number of nitrogens with zero attached hydrogens (tertiary/aromatic N) is 1. The molecule has 0 atom stereocenters. The fraction of sp³-hybridized carbons (Fsp3) is 0.150. The molecule has 0 fully saturated rings. The van der Waals surface area contributed by atoms with Gasteiger partial charge in [0.25, 0.3) is 0 Å². The molecular formula is C20H18BrNO. The third-order valence-electron chi connectivity index (χ3n) is 4.05. The monoisotopic (exact) mass is 367 g/mol. The van der Waals surface area contributed by atoms with Gasteiger partial charge in [0.1, 0.15) is 0 Å². The summed E-state index contributed by atoms with van der Waals surface area (Å²) in [6.45, 7) is 4.42. The van der Waals surface area contributed by atoms with Crippen LogP contribution in [-0.4, -0.2) is 10.4 Å². The Balaban J connectivity index is 2.07. The molecule has 0 amide bonds. The maximum absolute atomic E-state index is 12.2. The standard InChI is InChI=1S/C20H18BrNO/c1-14-20(15(2)23)19(17-8-10-18(21)11-9-17)13-22(14)12-16-6-4-3-5-7-16/h3-11,13H,12H2,1-2H3. The van der Waals surface area contributed by atoms with Crippen molar-refractivity contribution in [1.29, 1.82) is 0 Å². The lowest BCUT2D eigenvalue weighted by Gasteiger charge is -2.06. The van der Waals surface area contributed by atoms with Gasteiger partial charge < -0.3 is 4.57 Å². The van der Waals surface area contributed by atoms with Crippen molar-refractivity contribution >= 4 is 21.7 Å². The number of aromatic nitrogens is 1. The van der Waals surface area contributed by atoms with Crippen molar-refractivity contribution in [2.75, 3.05) is 0 Å². The minimum absolute atomic E-state index is 0.104. The third-order valence-corrected chi connectivity index (χ3v) is 4.58. The summed E-state index contributed by atoms with van der Waals surface area (Å²) in [5.74, 6) is 0.104. The highest BCUT2D eigenvalue weighted by atomic mass is 79.9. The fourth-order valence-electron chi connectivity index (χ4n) is 2.89. The predicted molar refractivity (Wildman–Crippen MR) is 97.9 cm³/mol. The van der Waals surface area contributed by atoms with Gasteiger partial charge in [0, 0.05) is 34.0 Å². The van der Waals surface area contributed by atoms with Gasteiger partial charge in [-0.2, -0.15) is 0 Å². The van der Waals surface area contributed by atoms with E-state index in [0.717, 1.165) is 33.4 Å². The van der Waals surface area contributed by atoms with Crippen LogP contribution in [0, 0.1) is 6.92 Å². The van der Waals surface area contributed by atoms with Gasteiger partial charge in [-0.05, 0) is 37.1 Å². The van der Waals surface area contributed by atoms with Crippen molar-refractivity contribution in [3.63, 3.8) is 0 Å². The number of Topliss-reactive ketones (excluding diaryl/α,β-unsaturated/α-hetero) is 1. The molecule has 0 bridgehead atoms. The fourth-order valence-corrected chi connectivity index (χ4v) is 3.16. The first-order valence-corrected chi connectivity index (χ1v) is 8.36. The second-order valence-electron chi connectivity index (χ2n) is 5.68. The van der Waals surface area contributed by atoms with Crippen LogP contribution in [-0.2, 0) is 6.54 Å². The van der Waals surface area contributed by atoms with E-state index in [9.17, 15) is 4.79 Å². The van der Waals surface area contributed by atoms with Gasteiger partial charge in [0.15, 0.2) is 5.78 Å². The van der Waals surface area contributed by atoms with Crippen LogP contribution >= 0.6 is 15.9 Å². The number of hydrogen-bond acceptors (Lipinski definition) is 1. The molecule has 0 spiro atoms. The van der Waals surface area contributed by atoms with E-state index in [1.54, 1.807) is 6.92 Å². The van der Waals surface area contributed by atoms with E-state index >= 15 is 0 Å². The molecule has 23 heavy (non-hydrogen) atoms. The average molecular weight is 368 g/mol. The molecule has 116 valence electrons. The highest BCUT2D eigenvalue weighted by molar-refractivity contribution is 9.10. The van der Waals surface area contributed by atoms with Crippen LogP contribution in [0.1, 0.15) is 28.5 Å². The molecule has 1 heterocycles. The van der Waals surface area contributed by atoms with Gasteiger partial charge in [-0.3, -0.25) is 4.79 Å². The molecule has 0 unspecified atom stereocenters. The van der Waals surface area contributed by atoms with Crippen molar-refractivity contribution in [2.24, 2.45) is 0 Å². The minimum atomic E-state index is 0.104. The molecule has 0 radical (unpaired) electrons. The van der Waals surface area contributed by atoms with Crippen molar-refractivity contribution in [2.45, 2.75) is 20.4 Å². The molecule has 0 aliphatic carbocycles. The first kappa shape index (κ1) is 15.8. The van der Waals surface area contributed by atoms with Crippen LogP contribution in [0.4, 0.5) is 0 Å². The average Bonchev–Trinajstić information content (AvgIpc) is 2.86. The topological polar surface area (TPSA) is 22.0 Å². The summed E-state index contributed by atoms with van der Waals surface area (Å²) in [7, 11) is 0. The Hall–Kier alpha value is -2.13. The van der Waals surface area contributed by atoms with Gasteiger partial charge in [-0.15, -0.1) is 0 Å². The number of ketones is 1. The van der Waals surface area contributed by atoms with Crippen LogP contribution in [0.3, 0.4) is 0 Å². The summed E-state index contributed by atoms with van der Waals surface area (Å²) in [5.41, 5.74) is 5.11. The van der Waals surface area contributed by atoms with Crippen LogP contribution in [0.15, 0.2) is 65.3 Å². The Bertz CT molecular complexity index is 832. The molecule has 0 aliphatic heterocycles. The predicted octanol–water partition coefficient (Wildman–Crippen LogP) is 5.48. The number of carbonyl (C=O) groups excluding carboxylic acids is 1. The van der Waals surface area contributed by atoms with Crippen LogP contribution in [0.25, 0.3) is 11.1 Å². The second-order valence-corrected chi connectivity index (χ2v) is 6.60. The summed E-state index contributed by atoms with van der Waals surface area (Å²) in [4.78, 5) is 12.2. The molecule has 0 saturated carbocycles. The van der Waals surface area contributed by atoms with Crippen LogP contribution in [0.2, 0.25) is 0 Å². The van der Waals surface area contributed by atoms with E-state index in [0.29, 0.717) is 0 Å². The molecule has 3 rings (SSSR count). The molecule has 2 aromatic carbocycles. The summed E-state index contributed by atoms with van der Waals surface area (Å²) < 4.78 is 3.19. The first-order valence-electron chi connectivity index (χ1n) is 7.57. The molecular weight excluding hydrogens is 350 g/mol. The van der Waals surface area contributed by atoms with E-state index in [2.05, 4.69) is 38.8 Å². The van der Waals surface area contributed by atoms with E-state index in [4.69, 9.17) is 0 Å². The van der Waals surface area contributed by atoms with Gasteiger partial charge in [-0.25, -0.2) is 0 Å². The molecule has 3 aromatic rings. The van der Waals surface area contributed by atoms with Crippen molar-refractivity contribution in [3.05, 3.63) is 82.1 Å². The zero-order valence-electron chi connectivity index (χ0n) is 13.2. The summed E-state index contributed by atoms with van der Waals surface area (Å²) in [6.07, 6.45) is 2.09. The molecule has 0 aliphatic rings. The lowest BCUT2D eigenvalue weighted by Crippen LogP contribution is -2.02. The molecule has 1 aromatic heterocycles. The lowest BCUT2D eigenvalue weighted by atomic mass is 10.0. The van der Waals surface area contributed by atoms with Gasteiger partial charge in [-0.1, -0.05) is 58.4 Å². The second kappa shape index (κ2) is 6.55. The summed E-state index contributed by atoms with van der Waals surface area (Å²) in [6, 6.07) is 18.4. The molecule has 2 nitrogen and oxygen atoms in total. The maximum Gasteiger partial charge on any atom is 0.162 e. The molecule has 0 N–H and O–H groups in total. The van der Waals surface area contributed by atoms with Crippen molar-refractivity contribution in [3.8, 4) is 11.1 Å². The largest absolute Gasteiger partial charge is 0.346 e. The van der Waals surface area contributed by atoms with Gasteiger partial charge in [0.2, 0.25) is 0 Å². The van der Waals surface area contributed by atoms with Gasteiger partial charge in [0.05, 0.1) is 0 Å². The molecule has 3 heteroatoms. The van der Waals surface area contributed by atoms with Crippen molar-refractivity contribution in [1.82, 2.24) is 4.57 Å². The summed E-state index contributed by atoms with van der Waals surface area (Å²) >= 11 is 3.46. The number of benzene rings is 2. The Morgan fingerprint density at radius 2 is 1.70 bits per heavy atom. The Morgan fingerprint density at radius 1 is 1.04 bits per heavy atom. The zero-order chi connectivity index (χ0) is 16.4. The van der Waals surface area contributed by atoms with Gasteiger partial charge >= 0.3 is 0 Å². The minimum Gasteiger partial charge on any atom is -0.346 e. The highest BCUT2D eigenvalue weighted by Gasteiger charge is 2.17. The van der Waals surface area contributed by atoms with E-state index < -0.39 is 0 Å².